The molecule has 2 aromatic carbocycles. The van der Waals surface area contributed by atoms with Gasteiger partial charge in [-0.2, -0.15) is 0 Å². The minimum atomic E-state index is -0.528. The van der Waals surface area contributed by atoms with Crippen LogP contribution in [0, 0.1) is 0 Å². The maximum Gasteiger partial charge on any atom is 0.259 e. The van der Waals surface area contributed by atoms with Gasteiger partial charge in [0.05, 0.1) is 18.8 Å². The molecule has 0 unspecified atom stereocenters. The molecule has 0 bridgehead atoms. The highest BCUT2D eigenvalue weighted by atomic mass is 79.9. The summed E-state index contributed by atoms with van der Waals surface area (Å²) in [6.07, 6.45) is -0.528. The molecule has 2 rings (SSSR count). The quantitative estimate of drug-likeness (QED) is 0.883. The van der Waals surface area contributed by atoms with Crippen LogP contribution < -0.4 is 10.1 Å². The Labute approximate surface area is 131 Å². The second-order valence-corrected chi connectivity index (χ2v) is 5.51. The van der Waals surface area contributed by atoms with Gasteiger partial charge in [-0.1, -0.05) is 28.1 Å². The molecule has 0 fully saturated rings. The van der Waals surface area contributed by atoms with Crippen molar-refractivity contribution in [3.05, 3.63) is 58.1 Å². The van der Waals surface area contributed by atoms with Crippen LogP contribution in [0.15, 0.2) is 46.9 Å². The summed E-state index contributed by atoms with van der Waals surface area (Å²) in [6, 6.07) is 12.3. The Morgan fingerprint density at radius 2 is 1.90 bits per heavy atom. The van der Waals surface area contributed by atoms with Crippen molar-refractivity contribution in [3.8, 4) is 5.75 Å². The van der Waals surface area contributed by atoms with Gasteiger partial charge in [0.25, 0.3) is 5.91 Å². The Morgan fingerprint density at radius 3 is 2.48 bits per heavy atom. The summed E-state index contributed by atoms with van der Waals surface area (Å²) in [5.74, 6) is 0.259. The lowest BCUT2D eigenvalue weighted by Gasteiger charge is -2.11. The summed E-state index contributed by atoms with van der Waals surface area (Å²) in [7, 11) is 1.53. The molecule has 0 radical (unpaired) electrons. The van der Waals surface area contributed by atoms with Crippen LogP contribution in [0.2, 0.25) is 0 Å². The van der Waals surface area contributed by atoms with Crippen molar-refractivity contribution in [2.24, 2.45) is 0 Å². The van der Waals surface area contributed by atoms with Crippen molar-refractivity contribution >= 4 is 27.5 Å². The zero-order valence-electron chi connectivity index (χ0n) is 11.8. The van der Waals surface area contributed by atoms with Crippen molar-refractivity contribution in [1.82, 2.24) is 0 Å². The van der Waals surface area contributed by atoms with Crippen LogP contribution in [0.3, 0.4) is 0 Å². The first-order valence-electron chi connectivity index (χ1n) is 6.44. The normalized spacial score (nSPS) is 11.8. The van der Waals surface area contributed by atoms with E-state index < -0.39 is 6.10 Å². The van der Waals surface area contributed by atoms with Gasteiger partial charge in [-0.3, -0.25) is 4.79 Å². The molecule has 21 heavy (non-hydrogen) atoms. The Bertz CT molecular complexity index is 638. The molecule has 110 valence electrons. The van der Waals surface area contributed by atoms with Gasteiger partial charge in [0, 0.05) is 10.2 Å². The fourth-order valence-corrected chi connectivity index (χ4v) is 2.26. The van der Waals surface area contributed by atoms with Crippen LogP contribution in [0.5, 0.6) is 5.75 Å². The van der Waals surface area contributed by atoms with Crippen LogP contribution in [0.25, 0.3) is 0 Å². The van der Waals surface area contributed by atoms with E-state index in [2.05, 4.69) is 21.2 Å². The van der Waals surface area contributed by atoms with Crippen LogP contribution >= 0.6 is 15.9 Å². The van der Waals surface area contributed by atoms with Crippen LogP contribution in [0.4, 0.5) is 5.69 Å². The Hall–Kier alpha value is -1.85. The van der Waals surface area contributed by atoms with E-state index in [-0.39, 0.29) is 5.91 Å². The van der Waals surface area contributed by atoms with Crippen molar-refractivity contribution in [2.45, 2.75) is 13.0 Å². The molecule has 0 spiro atoms. The van der Waals surface area contributed by atoms with Gasteiger partial charge in [-0.05, 0) is 42.8 Å². The lowest BCUT2D eigenvalue weighted by Crippen LogP contribution is -2.13. The molecule has 0 aromatic heterocycles. The topological polar surface area (TPSA) is 58.6 Å². The number of nitrogens with one attached hydrogen (secondary N) is 1. The first-order valence-corrected chi connectivity index (χ1v) is 7.23. The fraction of sp³-hybridized carbons (Fsp3) is 0.188. The first kappa shape index (κ1) is 15.5. The van der Waals surface area contributed by atoms with Crippen molar-refractivity contribution in [1.29, 1.82) is 0 Å². The second-order valence-electron chi connectivity index (χ2n) is 4.60. The lowest BCUT2D eigenvalue weighted by atomic mass is 10.1. The van der Waals surface area contributed by atoms with E-state index in [1.54, 1.807) is 43.3 Å². The van der Waals surface area contributed by atoms with E-state index >= 15 is 0 Å². The van der Waals surface area contributed by atoms with Crippen molar-refractivity contribution in [2.75, 3.05) is 12.4 Å². The number of benzene rings is 2. The summed E-state index contributed by atoms with van der Waals surface area (Å²) in [6.45, 7) is 1.69. The molecule has 1 atom stereocenters. The molecule has 0 aliphatic heterocycles. The number of aliphatic hydroxyl groups excluding tert-OH is 1. The predicted octanol–water partition coefficient (Wildman–Crippen LogP) is 3.76. The molecule has 1 amide bonds. The minimum absolute atomic E-state index is 0.252. The van der Waals surface area contributed by atoms with Gasteiger partial charge in [0.1, 0.15) is 5.75 Å². The van der Waals surface area contributed by atoms with Crippen LogP contribution in [-0.4, -0.2) is 18.1 Å². The highest BCUT2D eigenvalue weighted by Gasteiger charge is 2.13. The maximum absolute atomic E-state index is 12.3. The second kappa shape index (κ2) is 6.74. The summed E-state index contributed by atoms with van der Waals surface area (Å²) < 4.78 is 6.00. The lowest BCUT2D eigenvalue weighted by molar-refractivity contribution is 0.102. The molecule has 0 saturated carbocycles. The highest BCUT2D eigenvalue weighted by molar-refractivity contribution is 9.10. The molecule has 0 saturated heterocycles. The molecule has 2 N–H and O–H groups in total. The van der Waals surface area contributed by atoms with Gasteiger partial charge in [-0.15, -0.1) is 0 Å². The van der Waals surface area contributed by atoms with E-state index in [0.29, 0.717) is 17.0 Å². The van der Waals surface area contributed by atoms with Crippen molar-refractivity contribution in [3.63, 3.8) is 0 Å². The Morgan fingerprint density at radius 1 is 1.24 bits per heavy atom. The van der Waals surface area contributed by atoms with Gasteiger partial charge < -0.3 is 15.2 Å². The summed E-state index contributed by atoms with van der Waals surface area (Å²) in [5.41, 5.74) is 1.91. The number of anilines is 1. The number of carbonyl (C=O) groups excluding carboxylic acids is 1. The number of amides is 1. The molecule has 0 heterocycles. The molecule has 0 aliphatic carbocycles. The van der Waals surface area contributed by atoms with Gasteiger partial charge >= 0.3 is 0 Å². The monoisotopic (exact) mass is 349 g/mol. The third-order valence-electron chi connectivity index (χ3n) is 3.06. The summed E-state index contributed by atoms with van der Waals surface area (Å²) in [5, 5.41) is 12.3. The van der Waals surface area contributed by atoms with Gasteiger partial charge in [-0.25, -0.2) is 0 Å². The number of halogens is 1. The number of hydrogen-bond acceptors (Lipinski definition) is 3. The fourth-order valence-electron chi connectivity index (χ4n) is 1.90. The summed E-state index contributed by atoms with van der Waals surface area (Å²) in [4.78, 5) is 12.3. The number of rotatable bonds is 4. The van der Waals surface area contributed by atoms with Crippen LogP contribution in [0.1, 0.15) is 28.9 Å². The number of hydrogen-bond donors (Lipinski definition) is 2. The van der Waals surface area contributed by atoms with E-state index in [0.717, 1.165) is 10.0 Å². The molecular formula is C16H16BrNO3. The Balaban J connectivity index is 2.19. The van der Waals surface area contributed by atoms with E-state index in [1.807, 2.05) is 6.07 Å². The molecule has 2 aromatic rings. The third-order valence-corrected chi connectivity index (χ3v) is 3.55. The third kappa shape index (κ3) is 3.83. The zero-order chi connectivity index (χ0) is 15.4. The smallest absolute Gasteiger partial charge is 0.259 e. The van der Waals surface area contributed by atoms with Crippen LogP contribution in [-0.2, 0) is 0 Å². The zero-order valence-corrected chi connectivity index (χ0v) is 13.3. The number of ether oxygens (including phenoxy) is 1. The number of aliphatic hydroxyl groups is 1. The predicted molar refractivity (Wildman–Crippen MR) is 85.7 cm³/mol. The van der Waals surface area contributed by atoms with Gasteiger partial charge in [0.15, 0.2) is 0 Å². The average Bonchev–Trinajstić information content (AvgIpc) is 2.47. The average molecular weight is 350 g/mol. The first-order chi connectivity index (χ1) is 10.0. The van der Waals surface area contributed by atoms with E-state index in [9.17, 15) is 9.90 Å². The number of methoxy groups -OCH3 is 1. The Kier molecular flexibility index (Phi) is 4.98. The molecule has 0 aliphatic rings. The standard InChI is InChI=1S/C16H16BrNO3/c1-10(19)11-3-6-13(7-4-11)18-16(20)14-9-12(17)5-8-15(14)21-2/h3-10,19H,1-2H3,(H,18,20)/t10-/m1/s1. The largest absolute Gasteiger partial charge is 0.496 e. The van der Waals surface area contributed by atoms with E-state index in [4.69, 9.17) is 4.74 Å². The van der Waals surface area contributed by atoms with Gasteiger partial charge in [0.2, 0.25) is 0 Å². The molecule has 5 heteroatoms. The van der Waals surface area contributed by atoms with Crippen molar-refractivity contribution < 1.29 is 14.6 Å². The van der Waals surface area contributed by atoms with E-state index in [1.165, 1.54) is 7.11 Å². The SMILES string of the molecule is COc1ccc(Br)cc1C(=O)Nc1ccc([C@@H](C)O)cc1. The highest BCUT2D eigenvalue weighted by Crippen LogP contribution is 2.24. The summed E-state index contributed by atoms with van der Waals surface area (Å²) >= 11 is 3.34. The minimum Gasteiger partial charge on any atom is -0.496 e. The number of carbonyl (C=O) groups is 1. The molecule has 4 nitrogen and oxygen atoms in total. The maximum atomic E-state index is 12.3. The molecular weight excluding hydrogens is 334 g/mol.